The zero-order valence-corrected chi connectivity index (χ0v) is 11.3. The molecule has 1 N–H and O–H groups in total. The molecule has 3 atom stereocenters. The fraction of sp³-hybridized carbons (Fsp3) is 0.867. The zero-order chi connectivity index (χ0) is 12.2. The van der Waals surface area contributed by atoms with Crippen molar-refractivity contribution in [2.24, 2.45) is 16.7 Å². The fourth-order valence-corrected chi connectivity index (χ4v) is 4.38. The molecular formula is C15H26O. The quantitative estimate of drug-likeness (QED) is 0.616. The van der Waals surface area contributed by atoms with Gasteiger partial charge in [-0.3, -0.25) is 0 Å². The van der Waals surface area contributed by atoms with Crippen molar-refractivity contribution >= 4 is 0 Å². The fourth-order valence-electron chi connectivity index (χ4n) is 4.38. The van der Waals surface area contributed by atoms with Crippen LogP contribution < -0.4 is 0 Å². The van der Waals surface area contributed by atoms with Crippen molar-refractivity contribution in [3.05, 3.63) is 12.2 Å². The Balaban J connectivity index is 2.38. The third-order valence-corrected chi connectivity index (χ3v) is 5.49. The molecule has 0 amide bonds. The average Bonchev–Trinajstić information content (AvgIpc) is 2.12. The number of hydrogen-bond acceptors (Lipinski definition) is 1. The van der Waals surface area contributed by atoms with Crippen molar-refractivity contribution in [3.8, 4) is 0 Å². The van der Waals surface area contributed by atoms with Crippen molar-refractivity contribution in [2.75, 3.05) is 0 Å². The molecule has 0 aliphatic heterocycles. The second-order valence-corrected chi connectivity index (χ2v) is 7.10. The molecule has 1 nitrogen and oxygen atoms in total. The summed E-state index contributed by atoms with van der Waals surface area (Å²) >= 11 is 0. The molecule has 2 aliphatic rings. The summed E-state index contributed by atoms with van der Waals surface area (Å²) in [5, 5.41) is 10.4. The van der Waals surface area contributed by atoms with Gasteiger partial charge in [-0.05, 0) is 54.9 Å². The van der Waals surface area contributed by atoms with Gasteiger partial charge in [0, 0.05) is 0 Å². The predicted octanol–water partition coefficient (Wildman–Crippen LogP) is 3.92. The maximum Gasteiger partial charge on any atom is 0.0831 e. The van der Waals surface area contributed by atoms with Crippen LogP contribution in [0.1, 0.15) is 59.8 Å². The van der Waals surface area contributed by atoms with Crippen molar-refractivity contribution in [2.45, 2.75) is 65.4 Å². The standard InChI is InChI=1S/C15H26O/c1-11-14(4)9-6-8-13(2,3)12(14)7-10-15(11,5)16/h12,16H,1,6-10H2,2-5H3/t12-,14+,15+/m0/s1. The number of aliphatic hydroxyl groups is 1. The molecule has 0 radical (unpaired) electrons. The van der Waals surface area contributed by atoms with Gasteiger partial charge < -0.3 is 5.11 Å². The summed E-state index contributed by atoms with van der Waals surface area (Å²) in [6.45, 7) is 13.3. The number of hydrogen-bond donors (Lipinski definition) is 1. The van der Waals surface area contributed by atoms with E-state index in [1.807, 2.05) is 6.92 Å². The third-order valence-electron chi connectivity index (χ3n) is 5.49. The van der Waals surface area contributed by atoms with Crippen molar-refractivity contribution in [3.63, 3.8) is 0 Å². The Labute approximate surface area is 99.9 Å². The highest BCUT2D eigenvalue weighted by molar-refractivity contribution is 5.26. The Hall–Kier alpha value is -0.300. The molecule has 0 spiro atoms. The number of fused-ring (bicyclic) bond motifs is 1. The molecule has 2 aliphatic carbocycles. The number of rotatable bonds is 0. The summed E-state index contributed by atoms with van der Waals surface area (Å²) in [4.78, 5) is 0. The SMILES string of the molecule is C=C1[C@](C)(O)CC[C@H]2C(C)(C)CCC[C@]12C. The summed E-state index contributed by atoms with van der Waals surface area (Å²) in [6.07, 6.45) is 5.83. The van der Waals surface area contributed by atoms with Crippen molar-refractivity contribution < 1.29 is 5.11 Å². The van der Waals surface area contributed by atoms with E-state index in [0.717, 1.165) is 18.4 Å². The lowest BCUT2D eigenvalue weighted by atomic mass is 9.48. The third kappa shape index (κ3) is 1.55. The minimum absolute atomic E-state index is 0.156. The first-order valence-electron chi connectivity index (χ1n) is 6.62. The van der Waals surface area contributed by atoms with Crippen LogP contribution in [0.25, 0.3) is 0 Å². The van der Waals surface area contributed by atoms with Gasteiger partial charge >= 0.3 is 0 Å². The normalized spacial score (nSPS) is 47.6. The van der Waals surface area contributed by atoms with Crippen LogP contribution in [0.5, 0.6) is 0 Å². The summed E-state index contributed by atoms with van der Waals surface area (Å²) in [6, 6.07) is 0. The first kappa shape index (κ1) is 12.2. The molecular weight excluding hydrogens is 196 g/mol. The molecule has 0 heterocycles. The van der Waals surface area contributed by atoms with E-state index in [2.05, 4.69) is 27.4 Å². The molecule has 2 saturated carbocycles. The van der Waals surface area contributed by atoms with Gasteiger partial charge in [0.15, 0.2) is 0 Å². The minimum atomic E-state index is -0.640. The van der Waals surface area contributed by atoms with E-state index in [1.54, 1.807) is 0 Å². The smallest absolute Gasteiger partial charge is 0.0831 e. The first-order valence-corrected chi connectivity index (χ1v) is 6.62. The van der Waals surface area contributed by atoms with Gasteiger partial charge in [0.1, 0.15) is 0 Å². The van der Waals surface area contributed by atoms with Crippen LogP contribution in [0.4, 0.5) is 0 Å². The van der Waals surface area contributed by atoms with E-state index in [9.17, 15) is 5.11 Å². The van der Waals surface area contributed by atoms with Gasteiger partial charge in [-0.1, -0.05) is 33.8 Å². The molecule has 2 rings (SSSR count). The molecule has 16 heavy (non-hydrogen) atoms. The lowest BCUT2D eigenvalue weighted by Crippen LogP contribution is -2.52. The lowest BCUT2D eigenvalue weighted by Gasteiger charge is -2.58. The molecule has 0 aromatic rings. The molecule has 0 unspecified atom stereocenters. The van der Waals surface area contributed by atoms with Crippen molar-refractivity contribution in [1.29, 1.82) is 0 Å². The summed E-state index contributed by atoms with van der Waals surface area (Å²) in [7, 11) is 0. The molecule has 0 saturated heterocycles. The molecule has 1 heteroatoms. The van der Waals surface area contributed by atoms with Gasteiger partial charge in [0.2, 0.25) is 0 Å². The highest BCUT2D eigenvalue weighted by Crippen LogP contribution is 2.61. The zero-order valence-electron chi connectivity index (χ0n) is 11.3. The van der Waals surface area contributed by atoms with Crippen LogP contribution in [0.3, 0.4) is 0 Å². The molecule has 0 aromatic heterocycles. The topological polar surface area (TPSA) is 20.2 Å². The Kier molecular flexibility index (Phi) is 2.55. The van der Waals surface area contributed by atoms with E-state index in [0.29, 0.717) is 11.3 Å². The summed E-state index contributed by atoms with van der Waals surface area (Å²) in [5.74, 6) is 0.696. The molecule has 92 valence electrons. The highest BCUT2D eigenvalue weighted by Gasteiger charge is 2.54. The minimum Gasteiger partial charge on any atom is -0.386 e. The van der Waals surface area contributed by atoms with Gasteiger partial charge in [-0.2, -0.15) is 0 Å². The predicted molar refractivity (Wildman–Crippen MR) is 68.2 cm³/mol. The van der Waals surface area contributed by atoms with E-state index in [1.165, 1.54) is 19.3 Å². The molecule has 2 fully saturated rings. The van der Waals surface area contributed by atoms with Crippen LogP contribution in [0.15, 0.2) is 12.2 Å². The maximum atomic E-state index is 10.4. The van der Waals surface area contributed by atoms with Crippen LogP contribution in [0, 0.1) is 16.7 Å². The maximum absolute atomic E-state index is 10.4. The van der Waals surface area contributed by atoms with E-state index in [-0.39, 0.29) is 5.41 Å². The highest BCUT2D eigenvalue weighted by atomic mass is 16.3. The summed E-state index contributed by atoms with van der Waals surface area (Å²) in [5.41, 5.74) is 1.01. The Morgan fingerprint density at radius 1 is 1.12 bits per heavy atom. The molecule has 0 aromatic carbocycles. The second kappa shape index (κ2) is 3.35. The van der Waals surface area contributed by atoms with Gasteiger partial charge in [0.05, 0.1) is 5.60 Å². The Morgan fingerprint density at radius 3 is 2.38 bits per heavy atom. The Bertz CT molecular complexity index is 313. The largest absolute Gasteiger partial charge is 0.386 e. The second-order valence-electron chi connectivity index (χ2n) is 7.10. The van der Waals surface area contributed by atoms with Gasteiger partial charge in [-0.15, -0.1) is 0 Å². The Morgan fingerprint density at radius 2 is 1.75 bits per heavy atom. The first-order chi connectivity index (χ1) is 7.20. The van der Waals surface area contributed by atoms with E-state index >= 15 is 0 Å². The van der Waals surface area contributed by atoms with Crippen LogP contribution in [-0.4, -0.2) is 10.7 Å². The average molecular weight is 222 g/mol. The van der Waals surface area contributed by atoms with Crippen LogP contribution in [-0.2, 0) is 0 Å². The molecule has 0 bridgehead atoms. The van der Waals surface area contributed by atoms with E-state index < -0.39 is 5.60 Å². The van der Waals surface area contributed by atoms with Gasteiger partial charge in [-0.25, -0.2) is 0 Å². The van der Waals surface area contributed by atoms with E-state index in [4.69, 9.17) is 0 Å². The monoisotopic (exact) mass is 222 g/mol. The lowest BCUT2D eigenvalue weighted by molar-refractivity contribution is -0.0599. The van der Waals surface area contributed by atoms with Crippen LogP contribution in [0.2, 0.25) is 0 Å². The van der Waals surface area contributed by atoms with Crippen molar-refractivity contribution in [1.82, 2.24) is 0 Å². The van der Waals surface area contributed by atoms with Crippen LogP contribution >= 0.6 is 0 Å². The summed E-state index contributed by atoms with van der Waals surface area (Å²) < 4.78 is 0. The van der Waals surface area contributed by atoms with Gasteiger partial charge in [0.25, 0.3) is 0 Å².